The number of rotatable bonds is 2. The van der Waals surface area contributed by atoms with Crippen LogP contribution in [0.3, 0.4) is 0 Å². The van der Waals surface area contributed by atoms with Gasteiger partial charge in [-0.1, -0.05) is 54.6 Å². The molecule has 0 aromatic heterocycles. The van der Waals surface area contributed by atoms with Gasteiger partial charge < -0.3 is 15.1 Å². The Morgan fingerprint density at radius 2 is 2.00 bits per heavy atom. The highest BCUT2D eigenvalue weighted by Crippen LogP contribution is 2.41. The lowest BCUT2D eigenvalue weighted by molar-refractivity contribution is 0.129. The van der Waals surface area contributed by atoms with Crippen molar-refractivity contribution in [3.8, 4) is 0 Å². The van der Waals surface area contributed by atoms with Gasteiger partial charge in [-0.3, -0.25) is 0 Å². The molecule has 1 aromatic rings. The van der Waals surface area contributed by atoms with Crippen molar-refractivity contribution in [1.82, 2.24) is 4.90 Å². The van der Waals surface area contributed by atoms with Crippen LogP contribution in [0.25, 0.3) is 0 Å². The molecule has 3 nitrogen and oxygen atoms in total. The van der Waals surface area contributed by atoms with Crippen LogP contribution < -0.4 is 0 Å². The molecule has 0 bridgehead atoms. The second-order valence-electron chi connectivity index (χ2n) is 6.11. The van der Waals surface area contributed by atoms with E-state index in [2.05, 4.69) is 6.08 Å². The fourth-order valence-electron chi connectivity index (χ4n) is 3.46. The zero-order valence-corrected chi connectivity index (χ0v) is 12.8. The highest BCUT2D eigenvalue weighted by molar-refractivity contribution is 5.54. The van der Waals surface area contributed by atoms with E-state index in [1.807, 2.05) is 65.6 Å². The zero-order valence-electron chi connectivity index (χ0n) is 12.8. The van der Waals surface area contributed by atoms with Crippen LogP contribution in [0.15, 0.2) is 89.5 Å². The van der Waals surface area contributed by atoms with E-state index < -0.39 is 6.10 Å². The number of allylic oxidation sites excluding steroid dienone is 6. The largest absolute Gasteiger partial charge is 0.494 e. The predicted octanol–water partition coefficient (Wildman–Crippen LogP) is 3.76. The summed E-state index contributed by atoms with van der Waals surface area (Å²) in [5.41, 5.74) is 4.21. The number of aliphatic hydroxyl groups excluding tert-OH is 2. The number of hydrogen-bond donors (Lipinski definition) is 2. The molecule has 2 atom stereocenters. The summed E-state index contributed by atoms with van der Waals surface area (Å²) < 4.78 is 0. The number of hydrogen-bond acceptors (Lipinski definition) is 3. The van der Waals surface area contributed by atoms with E-state index in [0.29, 0.717) is 6.54 Å². The number of fused-ring (bicyclic) bond motifs is 2. The van der Waals surface area contributed by atoms with Gasteiger partial charge in [-0.2, -0.15) is 0 Å². The van der Waals surface area contributed by atoms with Crippen molar-refractivity contribution >= 4 is 0 Å². The first-order valence-corrected chi connectivity index (χ1v) is 7.94. The van der Waals surface area contributed by atoms with E-state index in [-0.39, 0.29) is 11.8 Å². The molecule has 0 saturated heterocycles. The number of nitrogens with zero attached hydrogens (tertiary/aromatic N) is 1. The lowest BCUT2D eigenvalue weighted by Gasteiger charge is -2.36. The maximum atomic E-state index is 10.7. The summed E-state index contributed by atoms with van der Waals surface area (Å²) in [7, 11) is 0. The van der Waals surface area contributed by atoms with Crippen molar-refractivity contribution in [2.75, 3.05) is 6.54 Å². The first kappa shape index (κ1) is 14.1. The molecule has 0 fully saturated rings. The highest BCUT2D eigenvalue weighted by atomic mass is 16.3. The fraction of sp³-hybridized carbons (Fsp3) is 0.200. The third kappa shape index (κ3) is 2.43. The summed E-state index contributed by atoms with van der Waals surface area (Å²) in [6.07, 6.45) is 12.2. The van der Waals surface area contributed by atoms with Gasteiger partial charge in [0.25, 0.3) is 0 Å². The van der Waals surface area contributed by atoms with E-state index in [1.54, 1.807) is 0 Å². The zero-order chi connectivity index (χ0) is 15.8. The average molecular weight is 305 g/mol. The summed E-state index contributed by atoms with van der Waals surface area (Å²) in [4.78, 5) is 1.91. The molecule has 1 aliphatic carbocycles. The van der Waals surface area contributed by atoms with Gasteiger partial charge in [0.05, 0.1) is 6.10 Å². The molecule has 2 aliphatic heterocycles. The Kier molecular flexibility index (Phi) is 3.43. The predicted molar refractivity (Wildman–Crippen MR) is 90.3 cm³/mol. The van der Waals surface area contributed by atoms with Crippen molar-refractivity contribution < 1.29 is 10.2 Å². The van der Waals surface area contributed by atoms with Crippen LogP contribution in [0.4, 0.5) is 0 Å². The summed E-state index contributed by atoms with van der Waals surface area (Å²) in [5, 5.41) is 20.9. The van der Waals surface area contributed by atoms with E-state index in [9.17, 15) is 10.2 Å². The van der Waals surface area contributed by atoms with Crippen LogP contribution in [-0.4, -0.2) is 21.7 Å². The SMILES string of the molecule is OC1=CC2=C(CC(C(O)c3ccccc3)C=C2)C2=CC=CCN12. The van der Waals surface area contributed by atoms with E-state index in [1.165, 1.54) is 5.57 Å². The molecule has 0 saturated carbocycles. The van der Waals surface area contributed by atoms with Gasteiger partial charge >= 0.3 is 0 Å². The highest BCUT2D eigenvalue weighted by Gasteiger charge is 2.30. The Bertz CT molecular complexity index is 768. The number of aliphatic hydroxyl groups is 2. The summed E-state index contributed by atoms with van der Waals surface area (Å²) in [5.74, 6) is 0.324. The normalized spacial score (nSPS) is 23.9. The molecule has 0 radical (unpaired) electrons. The minimum atomic E-state index is -0.519. The molecule has 2 unspecified atom stereocenters. The minimum Gasteiger partial charge on any atom is -0.494 e. The van der Waals surface area contributed by atoms with Gasteiger partial charge in [0.2, 0.25) is 0 Å². The first-order chi connectivity index (χ1) is 11.2. The van der Waals surface area contributed by atoms with E-state index >= 15 is 0 Å². The smallest absolute Gasteiger partial charge is 0.192 e. The molecule has 3 aliphatic rings. The Morgan fingerprint density at radius 3 is 2.83 bits per heavy atom. The van der Waals surface area contributed by atoms with E-state index in [0.717, 1.165) is 23.3 Å². The maximum Gasteiger partial charge on any atom is 0.192 e. The van der Waals surface area contributed by atoms with Crippen molar-refractivity contribution in [2.24, 2.45) is 5.92 Å². The minimum absolute atomic E-state index is 0.0402. The summed E-state index contributed by atoms with van der Waals surface area (Å²) in [6.45, 7) is 0.681. The van der Waals surface area contributed by atoms with Gasteiger partial charge in [-0.15, -0.1) is 0 Å². The molecule has 23 heavy (non-hydrogen) atoms. The third-order valence-corrected chi connectivity index (χ3v) is 4.70. The fourth-order valence-corrected chi connectivity index (χ4v) is 3.46. The quantitative estimate of drug-likeness (QED) is 0.874. The Labute approximate surface area is 135 Å². The first-order valence-electron chi connectivity index (χ1n) is 7.94. The Hall–Kier alpha value is -2.52. The second kappa shape index (κ2) is 5.60. The second-order valence-corrected chi connectivity index (χ2v) is 6.11. The van der Waals surface area contributed by atoms with Crippen molar-refractivity contribution in [2.45, 2.75) is 12.5 Å². The van der Waals surface area contributed by atoms with Crippen LogP contribution in [-0.2, 0) is 0 Å². The average Bonchev–Trinajstić information content (AvgIpc) is 2.62. The van der Waals surface area contributed by atoms with Crippen molar-refractivity contribution in [3.63, 3.8) is 0 Å². The van der Waals surface area contributed by atoms with E-state index in [4.69, 9.17) is 0 Å². The van der Waals surface area contributed by atoms with Gasteiger partial charge in [-0.25, -0.2) is 0 Å². The van der Waals surface area contributed by atoms with Crippen LogP contribution in [0.5, 0.6) is 0 Å². The molecule has 0 amide bonds. The van der Waals surface area contributed by atoms with Crippen LogP contribution in [0, 0.1) is 5.92 Å². The van der Waals surface area contributed by atoms with Gasteiger partial charge in [0.15, 0.2) is 5.88 Å². The molecule has 1 aromatic carbocycles. The molecular formula is C20H19NO2. The van der Waals surface area contributed by atoms with Gasteiger partial charge in [0, 0.05) is 24.2 Å². The standard InChI is InChI=1S/C20H19NO2/c22-19-13-15-9-10-16(20(23)14-6-2-1-3-7-14)12-17(15)18-8-4-5-11-21(18)19/h1-10,13,16,20,22-23H,11-12H2. The topological polar surface area (TPSA) is 43.7 Å². The molecule has 4 rings (SSSR count). The summed E-state index contributed by atoms with van der Waals surface area (Å²) >= 11 is 0. The Morgan fingerprint density at radius 1 is 1.17 bits per heavy atom. The van der Waals surface area contributed by atoms with Crippen molar-refractivity contribution in [1.29, 1.82) is 0 Å². The van der Waals surface area contributed by atoms with Crippen LogP contribution in [0.1, 0.15) is 18.1 Å². The molecule has 116 valence electrons. The molecule has 2 heterocycles. The molecule has 3 heteroatoms. The maximum absolute atomic E-state index is 10.7. The van der Waals surface area contributed by atoms with Crippen molar-refractivity contribution in [3.05, 3.63) is 95.1 Å². The Balaban J connectivity index is 1.65. The van der Waals surface area contributed by atoms with Crippen LogP contribution >= 0.6 is 0 Å². The molecule has 0 spiro atoms. The lowest BCUT2D eigenvalue weighted by Crippen LogP contribution is -2.30. The molecule has 2 N–H and O–H groups in total. The van der Waals surface area contributed by atoms with Crippen LogP contribution in [0.2, 0.25) is 0 Å². The summed E-state index contributed by atoms with van der Waals surface area (Å²) in [6, 6.07) is 9.79. The van der Waals surface area contributed by atoms with Gasteiger partial charge in [-0.05, 0) is 29.2 Å². The number of benzene rings is 1. The lowest BCUT2D eigenvalue weighted by atomic mass is 9.81. The molecular weight excluding hydrogens is 286 g/mol. The third-order valence-electron chi connectivity index (χ3n) is 4.70. The monoisotopic (exact) mass is 305 g/mol. The van der Waals surface area contributed by atoms with Gasteiger partial charge in [0.1, 0.15) is 0 Å².